The quantitative estimate of drug-likeness (QED) is 0.0146. The first kappa shape index (κ1) is 91.0. The molecule has 5 atom stereocenters. The van der Waals surface area contributed by atoms with Crippen molar-refractivity contribution in [3.63, 3.8) is 0 Å². The van der Waals surface area contributed by atoms with E-state index in [0.717, 1.165) is 141 Å². The van der Waals surface area contributed by atoms with E-state index in [-0.39, 0.29) is 19.3 Å². The van der Waals surface area contributed by atoms with Gasteiger partial charge in [0.25, 0.3) is 0 Å². The van der Waals surface area contributed by atoms with Crippen molar-refractivity contribution in [2.45, 2.75) is 309 Å². The van der Waals surface area contributed by atoms with Crippen LogP contribution in [0, 0.1) is 0 Å². The summed E-state index contributed by atoms with van der Waals surface area (Å²) in [5, 5.41) is 20.6. The molecule has 5 unspecified atom stereocenters. The molecule has 0 rings (SSSR count). The van der Waals surface area contributed by atoms with Gasteiger partial charge >= 0.3 is 33.6 Å². The Kier molecular flexibility index (Phi) is 66.9. The van der Waals surface area contributed by atoms with E-state index in [0.29, 0.717) is 19.3 Å². The molecule has 0 spiro atoms. The van der Waals surface area contributed by atoms with Crippen LogP contribution in [0.1, 0.15) is 290 Å². The van der Waals surface area contributed by atoms with Gasteiger partial charge < -0.3 is 34.2 Å². The van der Waals surface area contributed by atoms with E-state index >= 15 is 0 Å². The zero-order valence-corrected chi connectivity index (χ0v) is 61.1. The molecule has 546 valence electrons. The lowest BCUT2D eigenvalue weighted by Crippen LogP contribution is -2.30. The highest BCUT2D eigenvalue weighted by Gasteiger charge is 2.29. The number of aliphatic hydroxyl groups excluding tert-OH is 2. The number of allylic oxidation sites excluding steroid dienone is 20. The topological polar surface area (TPSA) is 231 Å². The Balaban J connectivity index is 4.41. The number of unbranched alkanes of at least 4 members (excludes halogenated alkanes) is 26. The molecule has 0 saturated carbocycles. The van der Waals surface area contributed by atoms with Crippen LogP contribution < -0.4 is 0 Å². The molecule has 0 aliphatic heterocycles. The van der Waals surface area contributed by atoms with Crippen molar-refractivity contribution in [1.82, 2.24) is 0 Å². The minimum absolute atomic E-state index is 0.100. The second kappa shape index (κ2) is 69.8. The van der Waals surface area contributed by atoms with Crippen LogP contribution in [0.25, 0.3) is 0 Å². The van der Waals surface area contributed by atoms with Gasteiger partial charge in [0.05, 0.1) is 26.4 Å². The van der Waals surface area contributed by atoms with Gasteiger partial charge in [-0.25, -0.2) is 9.13 Å². The summed E-state index contributed by atoms with van der Waals surface area (Å²) in [6.45, 7) is 2.41. The summed E-state index contributed by atoms with van der Waals surface area (Å²) in [6, 6.07) is 0. The van der Waals surface area contributed by atoms with Gasteiger partial charge in [0, 0.05) is 19.3 Å². The van der Waals surface area contributed by atoms with Crippen LogP contribution >= 0.6 is 15.6 Å². The molecule has 0 aromatic rings. The highest BCUT2D eigenvalue weighted by molar-refractivity contribution is 7.47. The summed E-state index contributed by atoms with van der Waals surface area (Å²) in [5.74, 6) is -1.60. The molecular weight excluding hydrogens is 1240 g/mol. The Morgan fingerprint density at radius 1 is 0.305 bits per heavy atom. The molecule has 18 heteroatoms. The lowest BCUT2D eigenvalue weighted by molar-refractivity contribution is -0.161. The van der Waals surface area contributed by atoms with Crippen LogP contribution in [0.15, 0.2) is 122 Å². The number of esters is 3. The summed E-state index contributed by atoms with van der Waals surface area (Å²) >= 11 is 0. The Morgan fingerprint density at radius 3 is 0.884 bits per heavy atom. The Morgan fingerprint density at radius 2 is 0.558 bits per heavy atom. The van der Waals surface area contributed by atoms with Crippen LogP contribution in [0.3, 0.4) is 0 Å². The summed E-state index contributed by atoms with van der Waals surface area (Å²) < 4.78 is 60.9. The molecule has 4 N–H and O–H groups in total. The first-order valence-electron chi connectivity index (χ1n) is 36.8. The van der Waals surface area contributed by atoms with Crippen LogP contribution in [0.5, 0.6) is 0 Å². The van der Waals surface area contributed by atoms with Crippen molar-refractivity contribution in [2.24, 2.45) is 0 Å². The van der Waals surface area contributed by atoms with Crippen molar-refractivity contribution < 1.29 is 75.8 Å². The summed E-state index contributed by atoms with van der Waals surface area (Å²) in [5.41, 5.74) is 0. The zero-order valence-electron chi connectivity index (χ0n) is 59.3. The Hall–Kier alpha value is -4.05. The lowest BCUT2D eigenvalue weighted by Gasteiger charge is -2.21. The number of phosphoric ester groups is 2. The molecular formula is C77H132O16P2. The minimum Gasteiger partial charge on any atom is -0.463 e. The van der Waals surface area contributed by atoms with Crippen LogP contribution in [0.4, 0.5) is 0 Å². The monoisotopic (exact) mass is 1370 g/mol. The molecule has 0 aromatic heterocycles. The fourth-order valence-corrected chi connectivity index (χ4v) is 11.2. The molecule has 16 nitrogen and oxygen atoms in total. The van der Waals surface area contributed by atoms with Crippen LogP contribution in [-0.2, 0) is 55.8 Å². The highest BCUT2D eigenvalue weighted by Crippen LogP contribution is 2.45. The van der Waals surface area contributed by atoms with E-state index in [1.807, 2.05) is 0 Å². The largest absolute Gasteiger partial charge is 0.472 e. The fourth-order valence-electron chi connectivity index (χ4n) is 9.62. The average molecular weight is 1380 g/mol. The first-order chi connectivity index (χ1) is 46.2. The van der Waals surface area contributed by atoms with E-state index < -0.39 is 91.5 Å². The molecule has 0 amide bonds. The molecule has 95 heavy (non-hydrogen) atoms. The molecule has 0 fully saturated rings. The number of rotatable bonds is 69. The third-order valence-electron chi connectivity index (χ3n) is 15.2. The van der Waals surface area contributed by atoms with Gasteiger partial charge in [-0.3, -0.25) is 32.5 Å². The van der Waals surface area contributed by atoms with E-state index in [1.54, 1.807) is 0 Å². The van der Waals surface area contributed by atoms with Crippen LogP contribution in [0.2, 0.25) is 0 Å². The molecule has 0 bridgehead atoms. The van der Waals surface area contributed by atoms with Gasteiger partial charge in [-0.15, -0.1) is 0 Å². The molecule has 0 aliphatic carbocycles. The van der Waals surface area contributed by atoms with Gasteiger partial charge in [0.1, 0.15) is 25.4 Å². The zero-order chi connectivity index (χ0) is 69.5. The average Bonchev–Trinajstić information content (AvgIpc) is 1.94. The molecule has 0 heterocycles. The lowest BCUT2D eigenvalue weighted by atomic mass is 10.0. The number of ether oxygens (including phenoxy) is 3. The van der Waals surface area contributed by atoms with Crippen molar-refractivity contribution in [1.29, 1.82) is 0 Å². The number of aliphatic hydroxyl groups is 2. The van der Waals surface area contributed by atoms with Crippen LogP contribution in [-0.4, -0.2) is 95.9 Å². The maximum atomic E-state index is 12.9. The summed E-state index contributed by atoms with van der Waals surface area (Å²) in [4.78, 5) is 58.4. The predicted molar refractivity (Wildman–Crippen MR) is 390 cm³/mol. The number of hydrogen-bond donors (Lipinski definition) is 4. The number of phosphoric acid groups is 2. The third-order valence-corrected chi connectivity index (χ3v) is 17.1. The maximum absolute atomic E-state index is 12.9. The van der Waals surface area contributed by atoms with Crippen molar-refractivity contribution >= 4 is 33.6 Å². The molecule has 0 saturated heterocycles. The Bertz CT molecular complexity index is 2210. The maximum Gasteiger partial charge on any atom is 0.472 e. The fraction of sp³-hybridized carbons (Fsp3) is 0.701. The Labute approximate surface area is 576 Å². The predicted octanol–water partition coefficient (Wildman–Crippen LogP) is 21.0. The van der Waals surface area contributed by atoms with E-state index in [1.165, 1.54) is 89.9 Å². The number of carbonyl (C=O) groups is 3. The van der Waals surface area contributed by atoms with Gasteiger partial charge in [-0.05, 0) is 109 Å². The van der Waals surface area contributed by atoms with Gasteiger partial charge in [0.2, 0.25) is 0 Å². The van der Waals surface area contributed by atoms with Gasteiger partial charge in [-0.2, -0.15) is 0 Å². The molecule has 0 aliphatic rings. The van der Waals surface area contributed by atoms with Crippen molar-refractivity contribution in [3.05, 3.63) is 122 Å². The second-order valence-corrected chi connectivity index (χ2v) is 27.2. The standard InChI is InChI=1S/C77H132O16P2/c1-4-7-10-13-16-19-22-24-26-28-29-30-31-32-33-34-35-36-37-38-39-40-41-43-45-46-49-51-54-57-60-63-75(80)87-66-72(78)67-89-94(83,84)90-68-73(79)69-91-95(85,86)92-71-74(93-77(82)65-62-59-56-53-48-21-18-15-12-9-6-3)70-88-76(81)64-61-58-55-52-50-47-44-42-27-25-23-20-17-14-11-8-5-2/h7-8,10-11,16-17,19-20,24-27,29-30,32-33,35-36,44,47,72-74,78-79H,4-6,9,12-15,18,21-23,28,31,34,37-43,45-46,48-71H2,1-3H3,(H,83,84)(H,85,86)/b10-7-,11-8-,19-16-,20-17-,26-24-,27-25-,30-29-,33-32-,36-35-,47-44-. The van der Waals surface area contributed by atoms with E-state index in [4.69, 9.17) is 32.3 Å². The SMILES string of the molecule is CC/C=C\C/C=C\C/C=C\C/C=C\C/C=C\C/C=C\CCCCCCCCCCCCCCC(=O)OCC(O)COP(=O)(O)OCC(O)COP(=O)(O)OCC(COC(=O)CCCCCC/C=C\C/C=C\C/C=C\C/C=C\CC)OC(=O)CCCCCCCCCCCCC. The summed E-state index contributed by atoms with van der Waals surface area (Å²) in [6.07, 6.45) is 81.3. The van der Waals surface area contributed by atoms with E-state index in [2.05, 4.69) is 142 Å². The van der Waals surface area contributed by atoms with Crippen molar-refractivity contribution in [3.8, 4) is 0 Å². The molecule has 0 radical (unpaired) electrons. The normalized spacial score (nSPS) is 14.8. The minimum atomic E-state index is -4.93. The van der Waals surface area contributed by atoms with Gasteiger partial charge in [-0.1, -0.05) is 284 Å². The molecule has 0 aromatic carbocycles. The van der Waals surface area contributed by atoms with Gasteiger partial charge in [0.15, 0.2) is 6.10 Å². The third kappa shape index (κ3) is 71.1. The van der Waals surface area contributed by atoms with E-state index in [9.17, 15) is 43.5 Å². The smallest absolute Gasteiger partial charge is 0.463 e. The number of hydrogen-bond acceptors (Lipinski definition) is 14. The van der Waals surface area contributed by atoms with Crippen molar-refractivity contribution in [2.75, 3.05) is 39.6 Å². The summed E-state index contributed by atoms with van der Waals surface area (Å²) in [7, 11) is -9.78. The second-order valence-electron chi connectivity index (χ2n) is 24.3. The number of carbonyl (C=O) groups excluding carboxylic acids is 3. The highest BCUT2D eigenvalue weighted by atomic mass is 31.2. The first-order valence-corrected chi connectivity index (χ1v) is 39.8.